The number of fused-ring (bicyclic) bond motifs is 1. The summed E-state index contributed by atoms with van der Waals surface area (Å²) in [5, 5.41) is 0.950. The SMILES string of the molecule is C[C@H](c1nc2ccccc2s1)N(C)C(=O)C[NH+]1CCN(C(=O)c2ccco2)CC1. The number of hydrogen-bond donors (Lipinski definition) is 1. The zero-order chi connectivity index (χ0) is 20.4. The molecule has 7 nitrogen and oxygen atoms in total. The maximum absolute atomic E-state index is 12.8. The van der Waals surface area contributed by atoms with E-state index in [1.807, 2.05) is 32.2 Å². The molecule has 3 aromatic rings. The number of likely N-dealkylation sites (N-methyl/N-ethyl adjacent to an activating group) is 1. The van der Waals surface area contributed by atoms with Gasteiger partial charge in [-0.1, -0.05) is 12.1 Å². The van der Waals surface area contributed by atoms with Crippen molar-refractivity contribution >= 4 is 33.4 Å². The number of nitrogens with zero attached hydrogens (tertiary/aromatic N) is 3. The van der Waals surface area contributed by atoms with E-state index in [2.05, 4.69) is 11.1 Å². The summed E-state index contributed by atoms with van der Waals surface area (Å²) < 4.78 is 6.34. The molecule has 2 aromatic heterocycles. The predicted molar refractivity (Wildman–Crippen MR) is 111 cm³/mol. The second-order valence-corrected chi connectivity index (χ2v) is 8.46. The molecule has 0 spiro atoms. The average Bonchev–Trinajstić information content (AvgIpc) is 3.42. The Bertz CT molecular complexity index is 959. The number of benzene rings is 1. The molecule has 4 rings (SSSR count). The van der Waals surface area contributed by atoms with Crippen LogP contribution in [0.2, 0.25) is 0 Å². The van der Waals surface area contributed by atoms with Crippen molar-refractivity contribution in [3.63, 3.8) is 0 Å². The van der Waals surface area contributed by atoms with Crippen LogP contribution >= 0.6 is 11.3 Å². The van der Waals surface area contributed by atoms with Gasteiger partial charge >= 0.3 is 0 Å². The van der Waals surface area contributed by atoms with E-state index in [1.165, 1.54) is 11.2 Å². The van der Waals surface area contributed by atoms with E-state index in [4.69, 9.17) is 4.42 Å². The van der Waals surface area contributed by atoms with E-state index < -0.39 is 0 Å². The van der Waals surface area contributed by atoms with Crippen LogP contribution in [-0.4, -0.2) is 66.4 Å². The van der Waals surface area contributed by atoms with Crippen LogP contribution in [0.15, 0.2) is 47.1 Å². The first-order valence-corrected chi connectivity index (χ1v) is 10.6. The van der Waals surface area contributed by atoms with Crippen LogP contribution in [0, 0.1) is 0 Å². The molecule has 2 amide bonds. The number of amides is 2. The van der Waals surface area contributed by atoms with Crippen molar-refractivity contribution in [3.05, 3.63) is 53.4 Å². The smallest absolute Gasteiger partial charge is 0.289 e. The van der Waals surface area contributed by atoms with E-state index in [0.29, 0.717) is 25.4 Å². The summed E-state index contributed by atoms with van der Waals surface area (Å²) in [5.74, 6) is 0.383. The summed E-state index contributed by atoms with van der Waals surface area (Å²) >= 11 is 1.63. The lowest BCUT2D eigenvalue weighted by molar-refractivity contribution is -0.896. The molecule has 8 heteroatoms. The number of hydrogen-bond acceptors (Lipinski definition) is 5. The highest BCUT2D eigenvalue weighted by Gasteiger charge is 2.29. The summed E-state index contributed by atoms with van der Waals surface area (Å²) in [6.45, 7) is 5.20. The lowest BCUT2D eigenvalue weighted by atomic mass is 10.2. The first-order chi connectivity index (χ1) is 14.0. The maximum atomic E-state index is 12.8. The van der Waals surface area contributed by atoms with E-state index in [9.17, 15) is 9.59 Å². The third-order valence-corrected chi connectivity index (χ3v) is 6.74. The van der Waals surface area contributed by atoms with Crippen LogP contribution in [0.3, 0.4) is 0 Å². The van der Waals surface area contributed by atoms with Gasteiger partial charge in [-0.25, -0.2) is 4.98 Å². The molecule has 3 heterocycles. The Morgan fingerprint density at radius 3 is 2.69 bits per heavy atom. The zero-order valence-electron chi connectivity index (χ0n) is 16.6. The van der Waals surface area contributed by atoms with Gasteiger partial charge in [0.2, 0.25) is 0 Å². The van der Waals surface area contributed by atoms with Crippen molar-refractivity contribution in [2.75, 3.05) is 39.8 Å². The number of quaternary nitrogens is 1. The highest BCUT2D eigenvalue weighted by Crippen LogP contribution is 2.28. The van der Waals surface area contributed by atoms with Gasteiger partial charge in [0.25, 0.3) is 11.8 Å². The summed E-state index contributed by atoms with van der Waals surface area (Å²) in [7, 11) is 1.84. The fraction of sp³-hybridized carbons (Fsp3) is 0.381. The third kappa shape index (κ3) is 4.18. The molecular weight excluding hydrogens is 388 g/mol. The molecule has 1 fully saturated rings. The van der Waals surface area contributed by atoms with E-state index in [0.717, 1.165) is 28.3 Å². The molecule has 1 N–H and O–H groups in total. The Labute approximate surface area is 173 Å². The van der Waals surface area contributed by atoms with Crippen molar-refractivity contribution in [1.82, 2.24) is 14.8 Å². The topological polar surface area (TPSA) is 71.1 Å². The van der Waals surface area contributed by atoms with Gasteiger partial charge in [-0.3, -0.25) is 9.59 Å². The number of para-hydroxylation sites is 1. The first kappa shape index (κ1) is 19.6. The minimum atomic E-state index is -0.0815. The molecule has 1 saturated heterocycles. The Hall–Kier alpha value is -2.71. The Balaban J connectivity index is 1.31. The van der Waals surface area contributed by atoms with E-state index >= 15 is 0 Å². The minimum Gasteiger partial charge on any atom is -0.459 e. The van der Waals surface area contributed by atoms with Gasteiger partial charge in [0.05, 0.1) is 48.7 Å². The van der Waals surface area contributed by atoms with Crippen LogP contribution in [-0.2, 0) is 4.79 Å². The number of rotatable bonds is 5. The van der Waals surface area contributed by atoms with E-state index in [-0.39, 0.29) is 17.9 Å². The predicted octanol–water partition coefficient (Wildman–Crippen LogP) is 1.45. The summed E-state index contributed by atoms with van der Waals surface area (Å²) in [4.78, 5) is 34.6. The lowest BCUT2D eigenvalue weighted by Crippen LogP contribution is -3.15. The van der Waals surface area contributed by atoms with Crippen molar-refractivity contribution in [1.29, 1.82) is 0 Å². The average molecular weight is 414 g/mol. The molecule has 0 unspecified atom stereocenters. The van der Waals surface area contributed by atoms with Crippen molar-refractivity contribution in [3.8, 4) is 0 Å². The molecule has 29 heavy (non-hydrogen) atoms. The maximum Gasteiger partial charge on any atom is 0.289 e. The number of carbonyl (C=O) groups excluding carboxylic acids is 2. The molecule has 152 valence electrons. The second kappa shape index (κ2) is 8.34. The minimum absolute atomic E-state index is 0.0684. The lowest BCUT2D eigenvalue weighted by Gasteiger charge is -2.32. The van der Waals surface area contributed by atoms with E-state index in [1.54, 1.807) is 33.3 Å². The van der Waals surface area contributed by atoms with Gasteiger partial charge in [0.1, 0.15) is 5.01 Å². The standard InChI is InChI=1S/C21H24N4O3S/c1-15(20-22-16-6-3-4-8-18(16)29-20)23(2)19(26)14-24-9-11-25(12-10-24)21(27)17-7-5-13-28-17/h3-8,13,15H,9-12,14H2,1-2H3/p+1/t15-/m1/s1. The van der Waals surface area contributed by atoms with Crippen molar-refractivity contribution in [2.45, 2.75) is 13.0 Å². The van der Waals surface area contributed by atoms with Gasteiger partial charge in [-0.2, -0.15) is 0 Å². The van der Waals surface area contributed by atoms with Crippen LogP contribution < -0.4 is 4.90 Å². The Kier molecular flexibility index (Phi) is 5.64. The number of aromatic nitrogens is 1. The molecule has 1 aliphatic rings. The zero-order valence-corrected chi connectivity index (χ0v) is 17.4. The van der Waals surface area contributed by atoms with Crippen molar-refractivity contribution < 1.29 is 18.9 Å². The van der Waals surface area contributed by atoms with Gasteiger partial charge < -0.3 is 19.1 Å². The summed E-state index contributed by atoms with van der Waals surface area (Å²) in [5.41, 5.74) is 0.975. The summed E-state index contributed by atoms with van der Waals surface area (Å²) in [6, 6.07) is 11.4. The highest BCUT2D eigenvalue weighted by molar-refractivity contribution is 7.18. The van der Waals surface area contributed by atoms with Crippen LogP contribution in [0.5, 0.6) is 0 Å². The largest absolute Gasteiger partial charge is 0.459 e. The molecule has 1 aromatic carbocycles. The molecular formula is C21H25N4O3S+. The Morgan fingerprint density at radius 1 is 1.24 bits per heavy atom. The number of carbonyl (C=O) groups is 2. The molecule has 0 aliphatic carbocycles. The van der Waals surface area contributed by atoms with Crippen molar-refractivity contribution in [2.24, 2.45) is 0 Å². The summed E-state index contributed by atoms with van der Waals surface area (Å²) in [6.07, 6.45) is 1.51. The monoisotopic (exact) mass is 413 g/mol. The molecule has 0 saturated carbocycles. The van der Waals surface area contributed by atoms with Gasteiger partial charge in [-0.15, -0.1) is 11.3 Å². The van der Waals surface area contributed by atoms with Crippen LogP contribution in [0.25, 0.3) is 10.2 Å². The quantitative estimate of drug-likeness (QED) is 0.687. The molecule has 1 atom stereocenters. The molecule has 0 radical (unpaired) electrons. The second-order valence-electron chi connectivity index (χ2n) is 7.40. The van der Waals surface area contributed by atoms with Gasteiger partial charge in [0.15, 0.2) is 12.3 Å². The normalized spacial score (nSPS) is 16.1. The van der Waals surface area contributed by atoms with Gasteiger partial charge in [0, 0.05) is 7.05 Å². The first-order valence-electron chi connectivity index (χ1n) is 9.80. The third-order valence-electron chi connectivity index (χ3n) is 5.53. The Morgan fingerprint density at radius 2 is 2.00 bits per heavy atom. The number of furan rings is 1. The number of nitrogens with one attached hydrogen (secondary N) is 1. The van der Waals surface area contributed by atoms with Gasteiger partial charge in [-0.05, 0) is 31.2 Å². The van der Waals surface area contributed by atoms with Crippen LogP contribution in [0.1, 0.15) is 28.5 Å². The number of piperazine rings is 1. The number of thiazole rings is 1. The fourth-order valence-electron chi connectivity index (χ4n) is 3.55. The van der Waals surface area contributed by atoms with Crippen LogP contribution in [0.4, 0.5) is 0 Å². The molecule has 0 bridgehead atoms. The fourth-order valence-corrected chi connectivity index (χ4v) is 4.61. The molecule has 1 aliphatic heterocycles. The highest BCUT2D eigenvalue weighted by atomic mass is 32.1.